The second kappa shape index (κ2) is 8.89. The summed E-state index contributed by atoms with van der Waals surface area (Å²) in [6, 6.07) is 5.44. The number of carbonyl (C=O) groups is 1. The van der Waals surface area contributed by atoms with Gasteiger partial charge in [-0.15, -0.1) is 0 Å². The summed E-state index contributed by atoms with van der Waals surface area (Å²) in [6.45, 7) is 1.46. The summed E-state index contributed by atoms with van der Waals surface area (Å²) >= 11 is 5.48. The molecule has 1 atom stereocenters. The Balaban J connectivity index is 1.96. The van der Waals surface area contributed by atoms with Crippen molar-refractivity contribution in [2.75, 3.05) is 6.54 Å². The average Bonchev–Trinajstić information content (AvgIpc) is 2.61. The summed E-state index contributed by atoms with van der Waals surface area (Å²) in [5.74, 6) is -0.425. The fraction of sp³-hybridized carbons (Fsp3) is 0.294. The number of pyridine rings is 1. The molecule has 1 heterocycles. The number of amides is 1. The molecular formula is C17H17ClF3N3O3S. The summed E-state index contributed by atoms with van der Waals surface area (Å²) in [6.07, 6.45) is -1.80. The highest BCUT2D eigenvalue weighted by atomic mass is 35.5. The van der Waals surface area contributed by atoms with Crippen LogP contribution in [0.1, 0.15) is 30.5 Å². The standard InChI is InChI=1S/C17H17ClF3N3O3S/c1-11(12-3-2-7-22-10-12)24-16(25)6-8-23-28(26,27)13-4-5-15(18)14(9-13)17(19,20)21/h2-5,7,9-11,23H,6,8H2,1H3,(H,24,25). The zero-order valence-corrected chi connectivity index (χ0v) is 16.2. The number of carbonyl (C=O) groups excluding carboxylic acids is 1. The third kappa shape index (κ3) is 5.91. The van der Waals surface area contributed by atoms with Crippen molar-refractivity contribution in [2.24, 2.45) is 0 Å². The van der Waals surface area contributed by atoms with Gasteiger partial charge in [-0.1, -0.05) is 17.7 Å². The maximum absolute atomic E-state index is 12.9. The summed E-state index contributed by atoms with van der Waals surface area (Å²) in [5.41, 5.74) is -0.475. The molecule has 0 saturated heterocycles. The van der Waals surface area contributed by atoms with Gasteiger partial charge in [0.25, 0.3) is 0 Å². The number of nitrogens with zero attached hydrogens (tertiary/aromatic N) is 1. The van der Waals surface area contributed by atoms with Gasteiger partial charge >= 0.3 is 6.18 Å². The number of alkyl halides is 3. The van der Waals surface area contributed by atoms with E-state index in [0.29, 0.717) is 6.07 Å². The molecule has 2 rings (SSSR count). The number of rotatable bonds is 7. The maximum Gasteiger partial charge on any atom is 0.417 e. The van der Waals surface area contributed by atoms with E-state index in [1.165, 1.54) is 0 Å². The minimum Gasteiger partial charge on any atom is -0.349 e. The quantitative estimate of drug-likeness (QED) is 0.698. The molecule has 0 aliphatic carbocycles. The van der Waals surface area contributed by atoms with Gasteiger partial charge in [-0.05, 0) is 36.8 Å². The van der Waals surface area contributed by atoms with Crippen molar-refractivity contribution < 1.29 is 26.4 Å². The molecule has 1 unspecified atom stereocenters. The highest BCUT2D eigenvalue weighted by Gasteiger charge is 2.34. The molecule has 0 saturated carbocycles. The lowest BCUT2D eigenvalue weighted by atomic mass is 10.1. The van der Waals surface area contributed by atoms with Gasteiger partial charge in [0.05, 0.1) is 21.5 Å². The van der Waals surface area contributed by atoms with Crippen molar-refractivity contribution in [3.63, 3.8) is 0 Å². The van der Waals surface area contributed by atoms with Gasteiger partial charge in [0.1, 0.15) is 0 Å². The largest absolute Gasteiger partial charge is 0.417 e. The molecule has 0 bridgehead atoms. The normalized spacial score (nSPS) is 13.2. The summed E-state index contributed by atoms with van der Waals surface area (Å²) in [5, 5.41) is 2.08. The molecule has 0 spiro atoms. The minimum absolute atomic E-state index is 0.191. The van der Waals surface area contributed by atoms with Gasteiger partial charge in [0.2, 0.25) is 15.9 Å². The van der Waals surface area contributed by atoms with Gasteiger partial charge in [0, 0.05) is 25.4 Å². The van der Waals surface area contributed by atoms with Crippen LogP contribution < -0.4 is 10.0 Å². The molecule has 0 aliphatic rings. The van der Waals surface area contributed by atoms with Crippen LogP contribution in [0.5, 0.6) is 0 Å². The topological polar surface area (TPSA) is 88.2 Å². The van der Waals surface area contributed by atoms with Crippen molar-refractivity contribution in [1.82, 2.24) is 15.0 Å². The van der Waals surface area contributed by atoms with Gasteiger partial charge in [-0.2, -0.15) is 13.2 Å². The first-order valence-corrected chi connectivity index (χ1v) is 9.92. The van der Waals surface area contributed by atoms with Crippen LogP contribution in [0, 0.1) is 0 Å². The molecule has 0 aliphatic heterocycles. The third-order valence-corrected chi connectivity index (χ3v) is 5.55. The second-order valence-corrected chi connectivity index (χ2v) is 8.04. The second-order valence-electron chi connectivity index (χ2n) is 5.86. The fourth-order valence-electron chi connectivity index (χ4n) is 2.30. The van der Waals surface area contributed by atoms with Crippen LogP contribution in [0.3, 0.4) is 0 Å². The molecule has 2 aromatic rings. The van der Waals surface area contributed by atoms with Crippen molar-refractivity contribution >= 4 is 27.5 Å². The Morgan fingerprint density at radius 3 is 2.61 bits per heavy atom. The van der Waals surface area contributed by atoms with Crippen molar-refractivity contribution in [3.8, 4) is 0 Å². The molecular weight excluding hydrogens is 419 g/mol. The third-order valence-electron chi connectivity index (χ3n) is 3.76. The smallest absolute Gasteiger partial charge is 0.349 e. The van der Waals surface area contributed by atoms with E-state index in [0.717, 1.165) is 17.7 Å². The first-order valence-electron chi connectivity index (χ1n) is 8.06. The summed E-state index contributed by atoms with van der Waals surface area (Å²) in [4.78, 5) is 15.3. The molecule has 0 radical (unpaired) electrons. The zero-order valence-electron chi connectivity index (χ0n) is 14.6. The number of hydrogen-bond donors (Lipinski definition) is 2. The fourth-order valence-corrected chi connectivity index (χ4v) is 3.58. The Morgan fingerprint density at radius 2 is 2.00 bits per heavy atom. The van der Waals surface area contributed by atoms with E-state index in [2.05, 4.69) is 15.0 Å². The average molecular weight is 436 g/mol. The van der Waals surface area contributed by atoms with Crippen LogP contribution in [0.25, 0.3) is 0 Å². The van der Waals surface area contributed by atoms with Crippen molar-refractivity contribution in [1.29, 1.82) is 0 Å². The van der Waals surface area contributed by atoms with Crippen LogP contribution >= 0.6 is 11.6 Å². The van der Waals surface area contributed by atoms with Crippen LogP contribution in [0.15, 0.2) is 47.6 Å². The molecule has 1 amide bonds. The Bertz CT molecular complexity index is 938. The Kier molecular flexibility index (Phi) is 7.02. The number of halogens is 4. The molecule has 152 valence electrons. The van der Waals surface area contributed by atoms with Crippen molar-refractivity contribution in [3.05, 3.63) is 58.9 Å². The van der Waals surface area contributed by atoms with Crippen molar-refractivity contribution in [2.45, 2.75) is 30.5 Å². The van der Waals surface area contributed by atoms with Crippen LogP contribution in [0.4, 0.5) is 13.2 Å². The van der Waals surface area contributed by atoms with E-state index < -0.39 is 37.6 Å². The monoisotopic (exact) mass is 435 g/mol. The van der Waals surface area contributed by atoms with E-state index in [4.69, 9.17) is 11.6 Å². The van der Waals surface area contributed by atoms with Gasteiger partial charge < -0.3 is 5.32 Å². The molecule has 28 heavy (non-hydrogen) atoms. The number of benzene rings is 1. The molecule has 1 aromatic heterocycles. The van der Waals surface area contributed by atoms with Gasteiger partial charge in [-0.3, -0.25) is 9.78 Å². The maximum atomic E-state index is 12.9. The molecule has 6 nitrogen and oxygen atoms in total. The molecule has 1 aromatic carbocycles. The lowest BCUT2D eigenvalue weighted by Crippen LogP contribution is -2.32. The summed E-state index contributed by atoms with van der Waals surface area (Å²) < 4.78 is 65.1. The highest BCUT2D eigenvalue weighted by Crippen LogP contribution is 2.35. The van der Waals surface area contributed by atoms with Gasteiger partial charge in [0.15, 0.2) is 0 Å². The molecule has 0 fully saturated rings. The number of sulfonamides is 1. The number of nitrogens with one attached hydrogen (secondary N) is 2. The first-order chi connectivity index (χ1) is 13.0. The van der Waals surface area contributed by atoms with Gasteiger partial charge in [-0.25, -0.2) is 13.1 Å². The number of aromatic nitrogens is 1. The van der Waals surface area contributed by atoms with Crippen LogP contribution in [-0.2, 0) is 21.0 Å². The summed E-state index contributed by atoms with van der Waals surface area (Å²) in [7, 11) is -4.23. The van der Waals surface area contributed by atoms with Crippen LogP contribution in [-0.4, -0.2) is 25.9 Å². The van der Waals surface area contributed by atoms with E-state index in [1.54, 1.807) is 31.5 Å². The predicted molar refractivity (Wildman–Crippen MR) is 97.1 cm³/mol. The van der Waals surface area contributed by atoms with E-state index in [9.17, 15) is 26.4 Å². The Morgan fingerprint density at radius 1 is 1.29 bits per heavy atom. The Labute approximate surface area is 165 Å². The minimum atomic E-state index is -4.79. The van der Waals surface area contributed by atoms with Crippen LogP contribution in [0.2, 0.25) is 5.02 Å². The lowest BCUT2D eigenvalue weighted by molar-refractivity contribution is -0.137. The number of hydrogen-bond acceptors (Lipinski definition) is 4. The SMILES string of the molecule is CC(NC(=O)CCNS(=O)(=O)c1ccc(Cl)c(C(F)(F)F)c1)c1cccnc1. The zero-order chi connectivity index (χ0) is 20.9. The Hall–Kier alpha value is -2.17. The predicted octanol–water partition coefficient (Wildman–Crippen LogP) is 3.30. The van der Waals surface area contributed by atoms with E-state index in [1.807, 2.05) is 0 Å². The highest BCUT2D eigenvalue weighted by molar-refractivity contribution is 7.89. The molecule has 11 heteroatoms. The van der Waals surface area contributed by atoms with E-state index >= 15 is 0 Å². The first kappa shape index (κ1) is 22.1. The van der Waals surface area contributed by atoms with E-state index in [-0.39, 0.29) is 19.0 Å². The molecule has 2 N–H and O–H groups in total. The lowest BCUT2D eigenvalue weighted by Gasteiger charge is -2.14.